The van der Waals surface area contributed by atoms with Crippen molar-refractivity contribution in [2.75, 3.05) is 47.5 Å². The lowest BCUT2D eigenvalue weighted by Gasteiger charge is -2.24. The van der Waals surface area contributed by atoms with Gasteiger partial charge in [-0.1, -0.05) is 149 Å². The molecule has 0 aliphatic heterocycles. The highest BCUT2D eigenvalue weighted by Crippen LogP contribution is 2.43. The maximum Gasteiger partial charge on any atom is 0.472 e. The molecule has 9 nitrogen and oxygen atoms in total. The lowest BCUT2D eigenvalue weighted by atomic mass is 10.1. The van der Waals surface area contributed by atoms with E-state index in [1.165, 1.54) is 25.7 Å². The molecule has 340 valence electrons. The molecule has 60 heavy (non-hydrogen) atoms. The Morgan fingerprint density at radius 2 is 0.983 bits per heavy atom. The lowest BCUT2D eigenvalue weighted by Crippen LogP contribution is -2.37. The Hall–Kier alpha value is -3.33. The van der Waals surface area contributed by atoms with Crippen LogP contribution in [-0.2, 0) is 32.7 Å². The number of carbonyl (C=O) groups is 2. The molecule has 0 aromatic carbocycles. The van der Waals surface area contributed by atoms with Crippen molar-refractivity contribution in [2.24, 2.45) is 0 Å². The van der Waals surface area contributed by atoms with Crippen molar-refractivity contribution < 1.29 is 42.1 Å². The Bertz CT molecular complexity index is 1380. The van der Waals surface area contributed by atoms with E-state index in [2.05, 4.69) is 111 Å². The zero-order valence-electron chi connectivity index (χ0n) is 38.1. The number of allylic oxidation sites excluding steroid dienone is 18. The van der Waals surface area contributed by atoms with Crippen LogP contribution in [-0.4, -0.2) is 74.9 Å². The monoisotopic (exact) mass is 857 g/mol. The fourth-order valence-electron chi connectivity index (χ4n) is 5.28. The Morgan fingerprint density at radius 1 is 0.533 bits per heavy atom. The van der Waals surface area contributed by atoms with E-state index in [0.717, 1.165) is 77.0 Å². The molecule has 0 spiro atoms. The number of phosphoric acid groups is 1. The summed E-state index contributed by atoms with van der Waals surface area (Å²) in [5.74, 6) is -0.934. The van der Waals surface area contributed by atoms with E-state index in [0.29, 0.717) is 23.9 Å². The molecule has 0 aromatic heterocycles. The van der Waals surface area contributed by atoms with Gasteiger partial charge in [-0.15, -0.1) is 0 Å². The first kappa shape index (κ1) is 56.7. The van der Waals surface area contributed by atoms with Crippen LogP contribution in [0.5, 0.6) is 0 Å². The molecule has 10 heteroatoms. The van der Waals surface area contributed by atoms with Gasteiger partial charge in [0.1, 0.15) is 19.8 Å². The zero-order valence-corrected chi connectivity index (χ0v) is 39.0. The summed E-state index contributed by atoms with van der Waals surface area (Å²) >= 11 is 0. The second-order valence-electron chi connectivity index (χ2n) is 15.7. The van der Waals surface area contributed by atoms with Crippen LogP contribution in [0.2, 0.25) is 0 Å². The minimum absolute atomic E-state index is 0.00921. The van der Waals surface area contributed by atoms with Crippen molar-refractivity contribution in [2.45, 2.75) is 148 Å². The summed E-state index contributed by atoms with van der Waals surface area (Å²) in [6.07, 6.45) is 55.8. The number of quaternary nitrogens is 1. The molecular formula is C50H83NO8P+. The van der Waals surface area contributed by atoms with Gasteiger partial charge in [0.2, 0.25) is 0 Å². The van der Waals surface area contributed by atoms with Crippen LogP contribution in [0.15, 0.2) is 109 Å². The number of hydrogen-bond donors (Lipinski definition) is 1. The van der Waals surface area contributed by atoms with Gasteiger partial charge in [0, 0.05) is 12.8 Å². The fourth-order valence-corrected chi connectivity index (χ4v) is 6.02. The fraction of sp³-hybridized carbons (Fsp3) is 0.600. The molecule has 0 aliphatic rings. The van der Waals surface area contributed by atoms with Gasteiger partial charge in [-0.25, -0.2) is 4.57 Å². The van der Waals surface area contributed by atoms with Gasteiger partial charge in [0.25, 0.3) is 0 Å². The number of rotatable bonds is 39. The van der Waals surface area contributed by atoms with Crippen LogP contribution < -0.4 is 0 Å². The van der Waals surface area contributed by atoms with Crippen LogP contribution >= 0.6 is 7.82 Å². The van der Waals surface area contributed by atoms with E-state index in [4.69, 9.17) is 18.5 Å². The Morgan fingerprint density at radius 3 is 1.47 bits per heavy atom. The van der Waals surface area contributed by atoms with E-state index in [1.807, 2.05) is 33.3 Å². The first-order valence-electron chi connectivity index (χ1n) is 22.6. The first-order valence-corrected chi connectivity index (χ1v) is 24.1. The summed E-state index contributed by atoms with van der Waals surface area (Å²) in [6.45, 7) is 4.14. The van der Waals surface area contributed by atoms with Gasteiger partial charge < -0.3 is 18.9 Å². The third-order valence-electron chi connectivity index (χ3n) is 8.80. The van der Waals surface area contributed by atoms with Crippen LogP contribution in [0.4, 0.5) is 0 Å². The smallest absolute Gasteiger partial charge is 0.462 e. The van der Waals surface area contributed by atoms with Gasteiger partial charge >= 0.3 is 19.8 Å². The summed E-state index contributed by atoms with van der Waals surface area (Å²) in [5.41, 5.74) is 0. The standard InChI is InChI=1S/C50H82NO8P/c1-6-8-10-12-14-16-18-20-22-24-25-27-28-30-32-34-36-38-40-42-49(52)56-46-48(47-58-60(54,55)57-45-44-51(3,4)5)59-50(53)43-41-39-37-35-33-31-29-26-23-21-19-17-15-13-11-9-7-2/h8,10,14-17,20-23,25,27,29-32,36,38,48H,6-7,9,11-13,18-19,24,26,28,33-35,37,39-47H2,1-5H3/p+1/b10-8+,16-14+,17-15+,22-20+,23-21+,27-25+,31-29+,32-30+,38-36+/t48-/m1/s1. The molecule has 0 bridgehead atoms. The molecular weight excluding hydrogens is 774 g/mol. The average Bonchev–Trinajstić information content (AvgIpc) is 3.20. The lowest BCUT2D eigenvalue weighted by molar-refractivity contribution is -0.870. The predicted octanol–water partition coefficient (Wildman–Crippen LogP) is 13.1. The second-order valence-corrected chi connectivity index (χ2v) is 17.1. The Kier molecular flexibility index (Phi) is 38.8. The van der Waals surface area contributed by atoms with E-state index in [1.54, 1.807) is 0 Å². The van der Waals surface area contributed by atoms with Gasteiger partial charge in [-0.2, -0.15) is 0 Å². The molecule has 0 rings (SSSR count). The minimum atomic E-state index is -4.41. The molecule has 1 N–H and O–H groups in total. The molecule has 0 aliphatic carbocycles. The maximum atomic E-state index is 12.7. The molecule has 0 heterocycles. The highest BCUT2D eigenvalue weighted by molar-refractivity contribution is 7.47. The van der Waals surface area contributed by atoms with Crippen LogP contribution in [0.1, 0.15) is 142 Å². The van der Waals surface area contributed by atoms with Crippen molar-refractivity contribution in [3.05, 3.63) is 109 Å². The van der Waals surface area contributed by atoms with Crippen molar-refractivity contribution in [1.29, 1.82) is 0 Å². The topological polar surface area (TPSA) is 108 Å². The summed E-state index contributed by atoms with van der Waals surface area (Å²) < 4.78 is 34.2. The summed E-state index contributed by atoms with van der Waals surface area (Å²) in [4.78, 5) is 35.4. The summed E-state index contributed by atoms with van der Waals surface area (Å²) in [7, 11) is 1.40. The normalized spacial score (nSPS) is 14.6. The second kappa shape index (κ2) is 41.0. The van der Waals surface area contributed by atoms with E-state index >= 15 is 0 Å². The number of unbranched alkanes of at least 4 members (excludes halogenated alkanes) is 7. The molecule has 0 saturated heterocycles. The van der Waals surface area contributed by atoms with E-state index in [9.17, 15) is 19.0 Å². The molecule has 0 saturated carbocycles. The molecule has 1 unspecified atom stereocenters. The average molecular weight is 857 g/mol. The molecule has 2 atom stereocenters. The third-order valence-corrected chi connectivity index (χ3v) is 9.78. The Labute approximate surface area is 366 Å². The third kappa shape index (κ3) is 44.2. The zero-order chi connectivity index (χ0) is 44.3. The number of likely N-dealkylation sites (N-methyl/N-ethyl adjacent to an activating group) is 1. The summed E-state index contributed by atoms with van der Waals surface area (Å²) in [6, 6.07) is 0. The van der Waals surface area contributed by atoms with Crippen LogP contribution in [0.3, 0.4) is 0 Å². The van der Waals surface area contributed by atoms with Gasteiger partial charge in [-0.05, 0) is 89.9 Å². The maximum absolute atomic E-state index is 12.7. The SMILES string of the molecule is CC/C=C/C/C=C/C/C=C/C/C=C/C/C=C/C/C=C/CCC(=O)OC[C@H](COP(=O)(O)OCC[N+](C)(C)C)OC(=O)CCCCCC/C=C/C/C=C/C/C=C/CCCCC. The van der Waals surface area contributed by atoms with E-state index in [-0.39, 0.29) is 26.1 Å². The highest BCUT2D eigenvalue weighted by Gasteiger charge is 2.27. The number of phosphoric ester groups is 1. The number of hydrogen-bond acceptors (Lipinski definition) is 7. The van der Waals surface area contributed by atoms with Gasteiger partial charge in [0.15, 0.2) is 6.10 Å². The van der Waals surface area contributed by atoms with E-state index < -0.39 is 32.5 Å². The number of carbonyl (C=O) groups excluding carboxylic acids is 2. The molecule has 0 fully saturated rings. The quantitative estimate of drug-likeness (QED) is 0.0214. The van der Waals surface area contributed by atoms with Gasteiger partial charge in [-0.3, -0.25) is 18.6 Å². The number of esters is 2. The van der Waals surface area contributed by atoms with Crippen molar-refractivity contribution in [1.82, 2.24) is 0 Å². The largest absolute Gasteiger partial charge is 0.472 e. The Balaban J connectivity index is 4.54. The highest BCUT2D eigenvalue weighted by atomic mass is 31.2. The van der Waals surface area contributed by atoms with Crippen molar-refractivity contribution in [3.8, 4) is 0 Å². The molecule has 0 aromatic rings. The van der Waals surface area contributed by atoms with Crippen molar-refractivity contribution >= 4 is 19.8 Å². The predicted molar refractivity (Wildman–Crippen MR) is 251 cm³/mol. The van der Waals surface area contributed by atoms with Crippen molar-refractivity contribution in [3.63, 3.8) is 0 Å². The summed E-state index contributed by atoms with van der Waals surface area (Å²) in [5, 5.41) is 0. The van der Waals surface area contributed by atoms with Gasteiger partial charge in [0.05, 0.1) is 27.7 Å². The minimum Gasteiger partial charge on any atom is -0.462 e. The molecule has 0 radical (unpaired) electrons. The number of nitrogens with zero attached hydrogens (tertiary/aromatic N) is 1. The van der Waals surface area contributed by atoms with Crippen LogP contribution in [0.25, 0.3) is 0 Å². The first-order chi connectivity index (χ1) is 29.0. The van der Waals surface area contributed by atoms with Crippen LogP contribution in [0, 0.1) is 0 Å². The number of ether oxygens (including phenoxy) is 2. The molecule has 0 amide bonds.